The van der Waals surface area contributed by atoms with E-state index >= 15 is 0 Å². The van der Waals surface area contributed by atoms with Crippen LogP contribution in [0.15, 0.2) is 6.07 Å². The Balaban J connectivity index is 2.16. The minimum absolute atomic E-state index is 0.0773. The number of nitrogen functional groups attached to an aromatic ring is 2. The van der Waals surface area contributed by atoms with Gasteiger partial charge in [-0.15, -0.1) is 11.3 Å². The van der Waals surface area contributed by atoms with Crippen LogP contribution >= 0.6 is 11.3 Å². The van der Waals surface area contributed by atoms with Crippen LogP contribution in [0.5, 0.6) is 0 Å². The van der Waals surface area contributed by atoms with Gasteiger partial charge < -0.3 is 5.73 Å². The van der Waals surface area contributed by atoms with Crippen molar-refractivity contribution in [2.75, 3.05) is 12.8 Å². The van der Waals surface area contributed by atoms with Crippen LogP contribution in [-0.2, 0) is 13.0 Å². The van der Waals surface area contributed by atoms with E-state index in [-0.39, 0.29) is 11.4 Å². The van der Waals surface area contributed by atoms with Crippen LogP contribution in [0.4, 0.5) is 5.69 Å². The summed E-state index contributed by atoms with van der Waals surface area (Å²) in [6.07, 6.45) is 0.880. The molecule has 21 heavy (non-hydrogen) atoms. The molecule has 1 amide bonds. The third-order valence-electron chi connectivity index (χ3n) is 4.27. The van der Waals surface area contributed by atoms with Gasteiger partial charge in [0.15, 0.2) is 0 Å². The number of hydrazine groups is 1. The number of anilines is 1. The highest BCUT2D eigenvalue weighted by Gasteiger charge is 2.31. The van der Waals surface area contributed by atoms with Crippen molar-refractivity contribution in [3.8, 4) is 0 Å². The molecule has 0 aliphatic carbocycles. The first-order valence-electron chi connectivity index (χ1n) is 6.76. The van der Waals surface area contributed by atoms with E-state index in [9.17, 15) is 4.79 Å². The summed E-state index contributed by atoms with van der Waals surface area (Å²) in [5.41, 5.74) is 11.0. The number of pyridine rings is 1. The molecule has 3 rings (SSSR count). The number of carbonyl (C=O) groups excluding carboxylic acids is 1. The molecule has 0 fully saturated rings. The minimum atomic E-state index is -0.370. The normalized spacial score (nSPS) is 17.7. The van der Waals surface area contributed by atoms with Crippen LogP contribution in [0.25, 0.3) is 10.2 Å². The van der Waals surface area contributed by atoms with Crippen LogP contribution in [-0.4, -0.2) is 28.4 Å². The maximum Gasteiger partial charge on any atom is 0.277 e. The molecule has 1 aliphatic rings. The van der Waals surface area contributed by atoms with E-state index < -0.39 is 0 Å². The number of thiophene rings is 1. The minimum Gasteiger partial charge on any atom is -0.397 e. The molecule has 5 N–H and O–H groups in total. The molecular weight excluding hydrogens is 286 g/mol. The lowest BCUT2D eigenvalue weighted by Gasteiger charge is -2.40. The zero-order valence-electron chi connectivity index (χ0n) is 12.4. The Morgan fingerprint density at radius 2 is 2.24 bits per heavy atom. The predicted molar refractivity (Wildman–Crippen MR) is 84.9 cm³/mol. The van der Waals surface area contributed by atoms with E-state index in [0.29, 0.717) is 10.6 Å². The fourth-order valence-corrected chi connectivity index (χ4v) is 3.66. The number of carbonyl (C=O) groups is 1. The van der Waals surface area contributed by atoms with Gasteiger partial charge in [-0.05, 0) is 32.5 Å². The van der Waals surface area contributed by atoms with Crippen molar-refractivity contribution < 1.29 is 4.79 Å². The Morgan fingerprint density at radius 3 is 2.90 bits per heavy atom. The van der Waals surface area contributed by atoms with Crippen molar-refractivity contribution in [2.45, 2.75) is 32.4 Å². The average molecular weight is 305 g/mol. The van der Waals surface area contributed by atoms with Gasteiger partial charge in [-0.3, -0.25) is 15.1 Å². The highest BCUT2D eigenvalue weighted by atomic mass is 32.1. The Kier molecular flexibility index (Phi) is 3.16. The Labute approximate surface area is 127 Å². The van der Waals surface area contributed by atoms with Gasteiger partial charge in [0.1, 0.15) is 9.71 Å². The second-order valence-electron chi connectivity index (χ2n) is 6.11. The number of nitrogens with zero attached hydrogens (tertiary/aromatic N) is 2. The van der Waals surface area contributed by atoms with Crippen molar-refractivity contribution in [1.82, 2.24) is 15.3 Å². The molecule has 0 aromatic carbocycles. The number of nitrogens with one attached hydrogen (secondary N) is 1. The van der Waals surface area contributed by atoms with Gasteiger partial charge in [-0.2, -0.15) is 0 Å². The van der Waals surface area contributed by atoms with Crippen molar-refractivity contribution in [3.05, 3.63) is 22.2 Å². The second kappa shape index (κ2) is 4.66. The van der Waals surface area contributed by atoms with Gasteiger partial charge in [0.25, 0.3) is 5.91 Å². The largest absolute Gasteiger partial charge is 0.397 e. The summed E-state index contributed by atoms with van der Waals surface area (Å²) in [5, 5.41) is 0.838. The fourth-order valence-electron chi connectivity index (χ4n) is 2.66. The molecule has 2 aromatic rings. The first-order chi connectivity index (χ1) is 9.83. The van der Waals surface area contributed by atoms with Gasteiger partial charge >= 0.3 is 0 Å². The topological polar surface area (TPSA) is 97.3 Å². The lowest BCUT2D eigenvalue weighted by Crippen LogP contribution is -2.46. The lowest BCUT2D eigenvalue weighted by atomic mass is 9.89. The molecule has 6 nitrogen and oxygen atoms in total. The summed E-state index contributed by atoms with van der Waals surface area (Å²) < 4.78 is 0. The van der Waals surface area contributed by atoms with Crippen LogP contribution in [0, 0.1) is 0 Å². The number of amides is 1. The fraction of sp³-hybridized carbons (Fsp3) is 0.429. The zero-order chi connectivity index (χ0) is 15.4. The molecule has 2 aromatic heterocycles. The number of rotatable bonds is 1. The third-order valence-corrected chi connectivity index (χ3v) is 5.38. The molecule has 0 atom stereocenters. The number of fused-ring (bicyclic) bond motifs is 2. The van der Waals surface area contributed by atoms with E-state index in [1.807, 2.05) is 0 Å². The summed E-state index contributed by atoms with van der Waals surface area (Å²) in [7, 11) is 2.11. The number of hydrogen-bond acceptors (Lipinski definition) is 6. The van der Waals surface area contributed by atoms with E-state index in [2.05, 4.69) is 37.3 Å². The number of likely N-dealkylation sites (N-methyl/N-ethyl adjacent to an activating group) is 1. The van der Waals surface area contributed by atoms with Crippen LogP contribution in [0.3, 0.4) is 0 Å². The number of hydrogen-bond donors (Lipinski definition) is 3. The Morgan fingerprint density at radius 1 is 1.52 bits per heavy atom. The highest BCUT2D eigenvalue weighted by molar-refractivity contribution is 7.21. The molecule has 1 aliphatic heterocycles. The second-order valence-corrected chi connectivity index (χ2v) is 7.11. The number of aromatic nitrogens is 1. The van der Waals surface area contributed by atoms with Gasteiger partial charge in [0.05, 0.1) is 5.69 Å². The van der Waals surface area contributed by atoms with Crippen LogP contribution < -0.4 is 17.0 Å². The maximum absolute atomic E-state index is 11.7. The van der Waals surface area contributed by atoms with Crippen LogP contribution in [0.1, 0.15) is 34.8 Å². The van der Waals surface area contributed by atoms with E-state index in [4.69, 9.17) is 16.6 Å². The Hall–Kier alpha value is -1.70. The monoisotopic (exact) mass is 305 g/mol. The molecule has 0 radical (unpaired) electrons. The Bertz CT molecular complexity index is 737. The SMILES string of the molecule is CN1Cc2cc3c(N)c(C(=O)NN)sc3nc2CC1(C)C. The summed E-state index contributed by atoms with van der Waals surface area (Å²) in [5.74, 6) is 4.83. The van der Waals surface area contributed by atoms with E-state index in [0.717, 1.165) is 28.9 Å². The summed E-state index contributed by atoms with van der Waals surface area (Å²) in [6, 6.07) is 2.06. The van der Waals surface area contributed by atoms with Crippen molar-refractivity contribution in [2.24, 2.45) is 5.84 Å². The van der Waals surface area contributed by atoms with Crippen molar-refractivity contribution >= 4 is 33.1 Å². The molecule has 3 heterocycles. The average Bonchev–Trinajstić information content (AvgIpc) is 2.74. The smallest absolute Gasteiger partial charge is 0.277 e. The van der Waals surface area contributed by atoms with Crippen molar-refractivity contribution in [1.29, 1.82) is 0 Å². The summed E-state index contributed by atoms with van der Waals surface area (Å²) in [6.45, 7) is 5.24. The molecule has 0 spiro atoms. The molecule has 112 valence electrons. The quantitative estimate of drug-likeness (QED) is 0.418. The van der Waals surface area contributed by atoms with E-state index in [1.165, 1.54) is 16.9 Å². The van der Waals surface area contributed by atoms with Gasteiger partial charge in [0, 0.05) is 29.6 Å². The molecular formula is C14H19N5OS. The first kappa shape index (κ1) is 14.2. The third kappa shape index (κ3) is 2.17. The maximum atomic E-state index is 11.7. The molecule has 0 unspecified atom stereocenters. The van der Waals surface area contributed by atoms with Crippen LogP contribution in [0.2, 0.25) is 0 Å². The van der Waals surface area contributed by atoms with Gasteiger partial charge in [0.2, 0.25) is 0 Å². The van der Waals surface area contributed by atoms with Crippen molar-refractivity contribution in [3.63, 3.8) is 0 Å². The number of nitrogens with two attached hydrogens (primary N) is 2. The summed E-state index contributed by atoms with van der Waals surface area (Å²) in [4.78, 5) is 20.0. The molecule has 0 bridgehead atoms. The van der Waals surface area contributed by atoms with Gasteiger partial charge in [-0.1, -0.05) is 0 Å². The predicted octanol–water partition coefficient (Wildman–Crippen LogP) is 1.25. The standard InChI is InChI=1S/C14H19N5OS/c1-14(2)5-9-7(6-19(14)3)4-8-10(15)11(12(20)18-16)21-13(8)17-9/h4H,5-6,15-16H2,1-3H3,(H,18,20). The summed E-state index contributed by atoms with van der Waals surface area (Å²) >= 11 is 1.29. The lowest BCUT2D eigenvalue weighted by molar-refractivity contribution is 0.0958. The molecule has 0 saturated heterocycles. The molecule has 7 heteroatoms. The first-order valence-corrected chi connectivity index (χ1v) is 7.58. The van der Waals surface area contributed by atoms with E-state index in [1.54, 1.807) is 0 Å². The van der Waals surface area contributed by atoms with Gasteiger partial charge in [-0.25, -0.2) is 10.8 Å². The highest BCUT2D eigenvalue weighted by Crippen LogP contribution is 2.36. The zero-order valence-corrected chi connectivity index (χ0v) is 13.2. The molecule has 0 saturated carbocycles.